The van der Waals surface area contributed by atoms with Gasteiger partial charge in [0.05, 0.1) is 19.6 Å². The summed E-state index contributed by atoms with van der Waals surface area (Å²) in [5, 5.41) is 0. The molecule has 1 atom stereocenters. The molecule has 1 unspecified atom stereocenters. The van der Waals surface area contributed by atoms with Gasteiger partial charge in [0.15, 0.2) is 0 Å². The second kappa shape index (κ2) is 10.6. The first-order chi connectivity index (χ1) is 10.6. The van der Waals surface area contributed by atoms with E-state index in [1.807, 2.05) is 60.3 Å². The number of nitrogens with zero attached hydrogens (tertiary/aromatic N) is 1. The SMILES string of the molecule is CC(C)COC(=O)CC(C(=O)OCC(C)C)N(C(C)C)C(C)C. The number of carbonyl (C=O) groups is 2. The van der Waals surface area contributed by atoms with Crippen LogP contribution in [0.3, 0.4) is 0 Å². The van der Waals surface area contributed by atoms with E-state index < -0.39 is 6.04 Å². The molecule has 0 N–H and O–H groups in total. The quantitative estimate of drug-likeness (QED) is 0.576. The smallest absolute Gasteiger partial charge is 0.323 e. The van der Waals surface area contributed by atoms with Gasteiger partial charge in [-0.05, 0) is 39.5 Å². The highest BCUT2D eigenvalue weighted by atomic mass is 16.5. The fourth-order valence-electron chi connectivity index (χ4n) is 2.45. The van der Waals surface area contributed by atoms with Crippen molar-refractivity contribution in [3.8, 4) is 0 Å². The standard InChI is InChI=1S/C18H35NO4/c1-12(2)10-22-17(20)9-16(18(21)23-11-13(3)4)19(14(5)6)15(7)8/h12-16H,9-11H2,1-8H3. The fraction of sp³-hybridized carbons (Fsp3) is 0.889. The van der Waals surface area contributed by atoms with Crippen molar-refractivity contribution in [3.63, 3.8) is 0 Å². The van der Waals surface area contributed by atoms with E-state index >= 15 is 0 Å². The van der Waals surface area contributed by atoms with Gasteiger partial charge in [-0.1, -0.05) is 27.7 Å². The fourth-order valence-corrected chi connectivity index (χ4v) is 2.45. The van der Waals surface area contributed by atoms with Crippen LogP contribution in [-0.2, 0) is 19.1 Å². The Balaban J connectivity index is 5.04. The third-order valence-corrected chi connectivity index (χ3v) is 3.32. The topological polar surface area (TPSA) is 55.8 Å². The zero-order valence-electron chi connectivity index (χ0n) is 16.1. The van der Waals surface area contributed by atoms with Crippen LogP contribution in [-0.4, -0.2) is 48.2 Å². The zero-order valence-corrected chi connectivity index (χ0v) is 16.1. The Hall–Kier alpha value is -1.10. The summed E-state index contributed by atoms with van der Waals surface area (Å²) in [5.41, 5.74) is 0. The lowest BCUT2D eigenvalue weighted by molar-refractivity contribution is -0.159. The van der Waals surface area contributed by atoms with E-state index in [9.17, 15) is 9.59 Å². The predicted octanol–water partition coefficient (Wildman–Crippen LogP) is 3.26. The molecule has 0 aromatic rings. The van der Waals surface area contributed by atoms with Crippen LogP contribution in [0.2, 0.25) is 0 Å². The first-order valence-electron chi connectivity index (χ1n) is 8.65. The van der Waals surface area contributed by atoms with E-state index in [-0.39, 0.29) is 42.3 Å². The zero-order chi connectivity index (χ0) is 18.2. The molecule has 5 heteroatoms. The van der Waals surface area contributed by atoms with Crippen molar-refractivity contribution in [1.82, 2.24) is 4.90 Å². The van der Waals surface area contributed by atoms with E-state index in [0.717, 1.165) is 0 Å². The maximum absolute atomic E-state index is 12.5. The number of carbonyl (C=O) groups excluding carboxylic acids is 2. The van der Waals surface area contributed by atoms with E-state index in [1.165, 1.54) is 0 Å². The Kier molecular flexibility index (Phi) is 10.1. The van der Waals surface area contributed by atoms with Crippen molar-refractivity contribution in [2.24, 2.45) is 11.8 Å². The van der Waals surface area contributed by atoms with Crippen molar-refractivity contribution < 1.29 is 19.1 Å². The molecule has 0 amide bonds. The monoisotopic (exact) mass is 329 g/mol. The van der Waals surface area contributed by atoms with Gasteiger partial charge in [-0.25, -0.2) is 0 Å². The molecule has 0 heterocycles. The summed E-state index contributed by atoms with van der Waals surface area (Å²) in [7, 11) is 0. The average molecular weight is 329 g/mol. The van der Waals surface area contributed by atoms with Gasteiger partial charge in [-0.15, -0.1) is 0 Å². The first kappa shape index (κ1) is 21.9. The van der Waals surface area contributed by atoms with Gasteiger partial charge in [0.1, 0.15) is 6.04 Å². The molecular formula is C18H35NO4. The van der Waals surface area contributed by atoms with E-state index in [1.54, 1.807) is 0 Å². The van der Waals surface area contributed by atoms with Crippen LogP contribution in [0.25, 0.3) is 0 Å². The molecule has 0 aliphatic carbocycles. The van der Waals surface area contributed by atoms with Crippen LogP contribution < -0.4 is 0 Å². The van der Waals surface area contributed by atoms with Crippen molar-refractivity contribution >= 4 is 11.9 Å². The van der Waals surface area contributed by atoms with Crippen LogP contribution in [0.15, 0.2) is 0 Å². The van der Waals surface area contributed by atoms with Crippen LogP contribution in [0.5, 0.6) is 0 Å². The molecule has 0 radical (unpaired) electrons. The van der Waals surface area contributed by atoms with Crippen LogP contribution >= 0.6 is 0 Å². The van der Waals surface area contributed by atoms with Gasteiger partial charge in [0.2, 0.25) is 0 Å². The van der Waals surface area contributed by atoms with Gasteiger partial charge >= 0.3 is 11.9 Å². The summed E-state index contributed by atoms with van der Waals surface area (Å²) in [6.45, 7) is 16.7. The Labute approximate surface area is 141 Å². The summed E-state index contributed by atoms with van der Waals surface area (Å²) >= 11 is 0. The molecule has 0 saturated heterocycles. The number of hydrogen-bond donors (Lipinski definition) is 0. The first-order valence-corrected chi connectivity index (χ1v) is 8.65. The minimum atomic E-state index is -0.603. The summed E-state index contributed by atoms with van der Waals surface area (Å²) in [6.07, 6.45) is 0.0278. The highest BCUT2D eigenvalue weighted by Crippen LogP contribution is 2.17. The third-order valence-electron chi connectivity index (χ3n) is 3.32. The lowest BCUT2D eigenvalue weighted by atomic mass is 10.1. The normalized spacial score (nSPS) is 13.3. The molecule has 0 aromatic carbocycles. The average Bonchev–Trinajstić information content (AvgIpc) is 2.40. The lowest BCUT2D eigenvalue weighted by Gasteiger charge is -2.36. The van der Waals surface area contributed by atoms with Crippen LogP contribution in [0.4, 0.5) is 0 Å². The summed E-state index contributed by atoms with van der Waals surface area (Å²) in [6, 6.07) is -0.345. The third kappa shape index (κ3) is 8.94. The number of hydrogen-bond acceptors (Lipinski definition) is 5. The molecule has 0 aliphatic rings. The van der Waals surface area contributed by atoms with Gasteiger partial charge < -0.3 is 9.47 Å². The molecule has 0 fully saturated rings. The van der Waals surface area contributed by atoms with Crippen molar-refractivity contribution in [1.29, 1.82) is 0 Å². The largest absolute Gasteiger partial charge is 0.465 e. The van der Waals surface area contributed by atoms with Gasteiger partial charge in [0.25, 0.3) is 0 Å². The Morgan fingerprint density at radius 1 is 0.783 bits per heavy atom. The summed E-state index contributed by atoms with van der Waals surface area (Å²) < 4.78 is 10.6. The van der Waals surface area contributed by atoms with Gasteiger partial charge in [0, 0.05) is 12.1 Å². The minimum Gasteiger partial charge on any atom is -0.465 e. The second-order valence-electron chi connectivity index (χ2n) is 7.46. The van der Waals surface area contributed by atoms with Crippen molar-refractivity contribution in [2.45, 2.75) is 79.9 Å². The maximum Gasteiger partial charge on any atom is 0.323 e. The lowest BCUT2D eigenvalue weighted by Crippen LogP contribution is -2.50. The van der Waals surface area contributed by atoms with Crippen LogP contribution in [0.1, 0.15) is 61.8 Å². The number of rotatable bonds is 10. The molecule has 0 spiro atoms. The van der Waals surface area contributed by atoms with Gasteiger partial charge in [-0.3, -0.25) is 14.5 Å². The maximum atomic E-state index is 12.5. The minimum absolute atomic E-state index is 0.0278. The molecule has 5 nitrogen and oxygen atoms in total. The van der Waals surface area contributed by atoms with E-state index in [4.69, 9.17) is 9.47 Å². The molecule has 0 bridgehead atoms. The second-order valence-corrected chi connectivity index (χ2v) is 7.46. The summed E-state index contributed by atoms with van der Waals surface area (Å²) in [5.74, 6) is -0.158. The van der Waals surface area contributed by atoms with Crippen LogP contribution in [0, 0.1) is 11.8 Å². The molecule has 0 aromatic heterocycles. The van der Waals surface area contributed by atoms with Gasteiger partial charge in [-0.2, -0.15) is 0 Å². The molecule has 0 aliphatic heterocycles. The van der Waals surface area contributed by atoms with E-state index in [2.05, 4.69) is 0 Å². The predicted molar refractivity (Wildman–Crippen MR) is 92.1 cm³/mol. The number of esters is 2. The highest BCUT2D eigenvalue weighted by molar-refractivity contribution is 5.82. The highest BCUT2D eigenvalue weighted by Gasteiger charge is 2.33. The number of ether oxygens (including phenoxy) is 2. The molecule has 136 valence electrons. The van der Waals surface area contributed by atoms with Crippen molar-refractivity contribution in [2.75, 3.05) is 13.2 Å². The molecule has 0 saturated carbocycles. The molecule has 0 rings (SSSR count). The Morgan fingerprint density at radius 3 is 1.61 bits per heavy atom. The molecular weight excluding hydrogens is 294 g/mol. The van der Waals surface area contributed by atoms with Crippen molar-refractivity contribution in [3.05, 3.63) is 0 Å². The Bertz CT molecular complexity index is 356. The van der Waals surface area contributed by atoms with E-state index in [0.29, 0.717) is 13.2 Å². The summed E-state index contributed by atoms with van der Waals surface area (Å²) in [4.78, 5) is 26.6. The Morgan fingerprint density at radius 2 is 1.22 bits per heavy atom. The molecule has 23 heavy (non-hydrogen) atoms.